The molecule has 1 amide bonds. The lowest BCUT2D eigenvalue weighted by Gasteiger charge is -2.19. The minimum absolute atomic E-state index is 0.0817. The Bertz CT molecular complexity index is 972. The third kappa shape index (κ3) is 3.69. The van der Waals surface area contributed by atoms with Gasteiger partial charge in [-0.1, -0.05) is 11.6 Å². The first-order chi connectivity index (χ1) is 14.1. The fourth-order valence-corrected chi connectivity index (χ4v) is 4.16. The van der Waals surface area contributed by atoms with Crippen LogP contribution < -0.4 is 14.4 Å². The van der Waals surface area contributed by atoms with E-state index < -0.39 is 6.10 Å². The van der Waals surface area contributed by atoms with Crippen molar-refractivity contribution in [2.75, 3.05) is 18.1 Å². The molecule has 29 heavy (non-hydrogen) atoms. The minimum Gasteiger partial charge on any atom is -0.479 e. The molecule has 1 aromatic carbocycles. The smallest absolute Gasteiger partial charge is 0.268 e. The first kappa shape index (κ1) is 18.4. The second-order valence-corrected chi connectivity index (χ2v) is 8.26. The van der Waals surface area contributed by atoms with Crippen molar-refractivity contribution >= 4 is 29.0 Å². The van der Waals surface area contributed by atoms with Gasteiger partial charge in [-0.05, 0) is 48.9 Å². The highest BCUT2D eigenvalue weighted by Gasteiger charge is 2.35. The monoisotopic (exact) mass is 412 g/mol. The Morgan fingerprint density at radius 3 is 2.76 bits per heavy atom. The molecule has 1 atom stereocenters. The number of amides is 1. The van der Waals surface area contributed by atoms with Crippen molar-refractivity contribution in [1.29, 1.82) is 0 Å². The molecule has 0 unspecified atom stereocenters. The van der Waals surface area contributed by atoms with Crippen molar-refractivity contribution < 1.29 is 19.1 Å². The number of anilines is 1. The SMILES string of the molecule is O=C1CCc2c(Cl)cc(N3CC[C@@H](Oc4ccc(OCC5CC5)nc4)C3=O)cc21. The van der Waals surface area contributed by atoms with Crippen LogP contribution in [0.1, 0.15) is 41.6 Å². The van der Waals surface area contributed by atoms with Gasteiger partial charge in [0.15, 0.2) is 11.9 Å². The van der Waals surface area contributed by atoms with Gasteiger partial charge in [-0.25, -0.2) is 4.98 Å². The van der Waals surface area contributed by atoms with Crippen molar-refractivity contribution in [2.45, 2.75) is 38.2 Å². The summed E-state index contributed by atoms with van der Waals surface area (Å²) in [4.78, 5) is 30.9. The molecular formula is C22H21ClN2O4. The number of fused-ring (bicyclic) bond motifs is 1. The second-order valence-electron chi connectivity index (χ2n) is 7.85. The van der Waals surface area contributed by atoms with Crippen molar-refractivity contribution in [3.05, 3.63) is 46.6 Å². The maximum Gasteiger partial charge on any atom is 0.268 e. The van der Waals surface area contributed by atoms with Gasteiger partial charge in [0, 0.05) is 41.7 Å². The molecule has 1 aliphatic heterocycles. The highest BCUT2D eigenvalue weighted by atomic mass is 35.5. The van der Waals surface area contributed by atoms with Crippen molar-refractivity contribution in [3.8, 4) is 11.6 Å². The Hall–Kier alpha value is -2.60. The van der Waals surface area contributed by atoms with Crippen LogP contribution in [0.4, 0.5) is 5.69 Å². The average Bonchev–Trinajstić information content (AvgIpc) is 3.38. The van der Waals surface area contributed by atoms with E-state index in [0.717, 1.165) is 5.56 Å². The first-order valence-corrected chi connectivity index (χ1v) is 10.4. The summed E-state index contributed by atoms with van der Waals surface area (Å²) in [7, 11) is 0. The topological polar surface area (TPSA) is 68.7 Å². The number of carbonyl (C=O) groups is 2. The number of hydrogen-bond donors (Lipinski definition) is 0. The lowest BCUT2D eigenvalue weighted by molar-refractivity contribution is -0.122. The molecule has 1 saturated heterocycles. The molecule has 3 aliphatic rings. The number of halogens is 1. The number of pyridine rings is 1. The largest absolute Gasteiger partial charge is 0.479 e. The molecule has 0 spiro atoms. The Labute approximate surface area is 173 Å². The quantitative estimate of drug-likeness (QED) is 0.721. The van der Waals surface area contributed by atoms with E-state index in [4.69, 9.17) is 21.1 Å². The van der Waals surface area contributed by atoms with Gasteiger partial charge in [0.1, 0.15) is 5.75 Å². The zero-order chi connectivity index (χ0) is 20.0. The van der Waals surface area contributed by atoms with E-state index in [2.05, 4.69) is 4.98 Å². The lowest BCUT2D eigenvalue weighted by Crippen LogP contribution is -2.32. The van der Waals surface area contributed by atoms with E-state index in [1.165, 1.54) is 12.8 Å². The molecule has 2 fully saturated rings. The number of Topliss-reactive ketones (excluding diaryl/α,β-unsaturated/α-hetero) is 1. The number of nitrogens with zero attached hydrogens (tertiary/aromatic N) is 2. The van der Waals surface area contributed by atoms with E-state index in [9.17, 15) is 9.59 Å². The van der Waals surface area contributed by atoms with E-state index >= 15 is 0 Å². The van der Waals surface area contributed by atoms with Crippen LogP contribution in [0.25, 0.3) is 0 Å². The zero-order valence-electron chi connectivity index (χ0n) is 15.9. The maximum absolute atomic E-state index is 12.9. The number of ether oxygens (including phenoxy) is 2. The number of ketones is 1. The van der Waals surface area contributed by atoms with Crippen LogP contribution in [0, 0.1) is 5.92 Å². The summed E-state index contributed by atoms with van der Waals surface area (Å²) in [6.07, 6.45) is 5.16. The Kier molecular flexibility index (Phi) is 4.66. The van der Waals surface area contributed by atoms with Gasteiger partial charge < -0.3 is 14.4 Å². The van der Waals surface area contributed by atoms with Crippen LogP contribution in [0.15, 0.2) is 30.5 Å². The summed E-state index contributed by atoms with van der Waals surface area (Å²) >= 11 is 6.35. The molecule has 0 N–H and O–H groups in total. The van der Waals surface area contributed by atoms with Gasteiger partial charge in [0.2, 0.25) is 5.88 Å². The van der Waals surface area contributed by atoms with Gasteiger partial charge in [-0.2, -0.15) is 0 Å². The van der Waals surface area contributed by atoms with Crippen LogP contribution in [-0.2, 0) is 11.2 Å². The summed E-state index contributed by atoms with van der Waals surface area (Å²) in [6, 6.07) is 7.09. The van der Waals surface area contributed by atoms with E-state index in [1.54, 1.807) is 35.4 Å². The molecule has 2 aromatic rings. The summed E-state index contributed by atoms with van der Waals surface area (Å²) < 4.78 is 11.5. The number of hydrogen-bond acceptors (Lipinski definition) is 5. The Morgan fingerprint density at radius 1 is 1.14 bits per heavy atom. The maximum atomic E-state index is 12.9. The van der Waals surface area contributed by atoms with Gasteiger partial charge in [-0.3, -0.25) is 9.59 Å². The Morgan fingerprint density at radius 2 is 2.00 bits per heavy atom. The molecule has 2 aliphatic carbocycles. The van der Waals surface area contributed by atoms with Crippen LogP contribution in [0.5, 0.6) is 11.6 Å². The molecule has 7 heteroatoms. The third-order valence-corrected chi connectivity index (χ3v) is 6.04. The normalized spacial score (nSPS) is 20.9. The molecule has 6 nitrogen and oxygen atoms in total. The van der Waals surface area contributed by atoms with Gasteiger partial charge >= 0.3 is 0 Å². The number of carbonyl (C=O) groups excluding carboxylic acids is 2. The van der Waals surface area contributed by atoms with Crippen LogP contribution >= 0.6 is 11.6 Å². The van der Waals surface area contributed by atoms with Crippen molar-refractivity contribution in [3.63, 3.8) is 0 Å². The summed E-state index contributed by atoms with van der Waals surface area (Å²) in [5, 5.41) is 0.548. The van der Waals surface area contributed by atoms with Crippen molar-refractivity contribution in [2.24, 2.45) is 5.92 Å². The minimum atomic E-state index is -0.585. The highest BCUT2D eigenvalue weighted by molar-refractivity contribution is 6.32. The summed E-state index contributed by atoms with van der Waals surface area (Å²) in [6.45, 7) is 1.22. The molecule has 2 heterocycles. The molecular weight excluding hydrogens is 392 g/mol. The van der Waals surface area contributed by atoms with Crippen LogP contribution in [0.3, 0.4) is 0 Å². The molecule has 1 aromatic heterocycles. The van der Waals surface area contributed by atoms with E-state index in [-0.39, 0.29) is 11.7 Å². The summed E-state index contributed by atoms with van der Waals surface area (Å²) in [5.74, 6) is 1.71. The van der Waals surface area contributed by atoms with Gasteiger partial charge in [-0.15, -0.1) is 0 Å². The standard InChI is InChI=1S/C22H21ClN2O4/c23-18-10-14(9-17-16(18)4-5-19(17)26)25-8-7-20(22(25)27)29-15-3-6-21(24-11-15)28-12-13-1-2-13/h3,6,9-11,13,20H,1-2,4-5,7-8,12H2/t20-/m1/s1. The molecule has 150 valence electrons. The lowest BCUT2D eigenvalue weighted by atomic mass is 10.1. The fraction of sp³-hybridized carbons (Fsp3) is 0.409. The van der Waals surface area contributed by atoms with Crippen LogP contribution in [-0.4, -0.2) is 35.9 Å². The predicted octanol–water partition coefficient (Wildman–Crippen LogP) is 3.84. The number of rotatable bonds is 6. The van der Waals surface area contributed by atoms with Gasteiger partial charge in [0.25, 0.3) is 5.91 Å². The van der Waals surface area contributed by atoms with Crippen molar-refractivity contribution in [1.82, 2.24) is 4.98 Å². The van der Waals surface area contributed by atoms with Gasteiger partial charge in [0.05, 0.1) is 12.8 Å². The van der Waals surface area contributed by atoms with E-state index in [1.807, 2.05) is 0 Å². The second kappa shape index (κ2) is 7.34. The zero-order valence-corrected chi connectivity index (χ0v) is 16.7. The molecule has 1 saturated carbocycles. The number of benzene rings is 1. The average molecular weight is 413 g/mol. The van der Waals surface area contributed by atoms with E-state index in [0.29, 0.717) is 66.2 Å². The molecule has 0 bridgehead atoms. The molecule has 0 radical (unpaired) electrons. The summed E-state index contributed by atoms with van der Waals surface area (Å²) in [5.41, 5.74) is 2.17. The molecule has 5 rings (SSSR count). The fourth-order valence-electron chi connectivity index (χ4n) is 3.85. The number of aromatic nitrogens is 1. The van der Waals surface area contributed by atoms with Crippen LogP contribution in [0.2, 0.25) is 5.02 Å². The third-order valence-electron chi connectivity index (χ3n) is 5.70. The highest BCUT2D eigenvalue weighted by Crippen LogP contribution is 2.35. The first-order valence-electron chi connectivity index (χ1n) is 10.0. The predicted molar refractivity (Wildman–Crippen MR) is 108 cm³/mol. The Balaban J connectivity index is 1.26.